The highest BCUT2D eigenvalue weighted by Crippen LogP contribution is 2.30. The molecular formula is C18H20ClN4O3+. The van der Waals surface area contributed by atoms with Crippen molar-refractivity contribution in [3.63, 3.8) is 0 Å². The molecule has 0 saturated carbocycles. The van der Waals surface area contributed by atoms with Crippen molar-refractivity contribution in [1.82, 2.24) is 0 Å². The average Bonchev–Trinajstić information content (AvgIpc) is 2.65. The van der Waals surface area contributed by atoms with E-state index in [1.54, 1.807) is 30.3 Å². The van der Waals surface area contributed by atoms with Gasteiger partial charge in [-0.05, 0) is 36.8 Å². The van der Waals surface area contributed by atoms with Crippen LogP contribution in [0.25, 0.3) is 0 Å². The number of hydrogen-bond donors (Lipinski definition) is 2. The highest BCUT2D eigenvalue weighted by atomic mass is 35.5. The van der Waals surface area contributed by atoms with E-state index in [1.165, 1.54) is 6.07 Å². The lowest BCUT2D eigenvalue weighted by Crippen LogP contribution is -2.89. The number of piperazine rings is 1. The minimum atomic E-state index is -0.437. The van der Waals surface area contributed by atoms with Crippen molar-refractivity contribution < 1.29 is 15.0 Å². The fourth-order valence-electron chi connectivity index (χ4n) is 2.94. The van der Waals surface area contributed by atoms with Gasteiger partial charge >= 0.3 is 0 Å². The molecule has 1 fully saturated rings. The van der Waals surface area contributed by atoms with Gasteiger partial charge in [-0.3, -0.25) is 14.9 Å². The SMILES string of the molecule is Cc1ccc(NC(=O)c2ccc(N3CC[NH2+]CC3)c([N+](=O)[O-])c2)cc1Cl. The third kappa shape index (κ3) is 3.95. The van der Waals surface area contributed by atoms with Crippen molar-refractivity contribution in [3.8, 4) is 0 Å². The maximum atomic E-state index is 12.5. The van der Waals surface area contributed by atoms with E-state index in [0.29, 0.717) is 16.4 Å². The van der Waals surface area contributed by atoms with Gasteiger partial charge in [0.1, 0.15) is 5.69 Å². The zero-order valence-electron chi connectivity index (χ0n) is 14.4. The van der Waals surface area contributed by atoms with Crippen molar-refractivity contribution in [2.24, 2.45) is 0 Å². The number of anilines is 2. The molecule has 2 aromatic carbocycles. The molecular weight excluding hydrogens is 356 g/mol. The van der Waals surface area contributed by atoms with Gasteiger partial charge in [-0.15, -0.1) is 0 Å². The Bertz CT molecular complexity index is 850. The summed E-state index contributed by atoms with van der Waals surface area (Å²) in [5, 5.41) is 17.0. The summed E-state index contributed by atoms with van der Waals surface area (Å²) in [6, 6.07) is 9.80. The molecule has 0 radical (unpaired) electrons. The topological polar surface area (TPSA) is 92.1 Å². The second kappa shape index (κ2) is 7.72. The van der Waals surface area contributed by atoms with Gasteiger partial charge in [-0.25, -0.2) is 0 Å². The van der Waals surface area contributed by atoms with Gasteiger partial charge < -0.3 is 15.5 Å². The number of nitrogens with one attached hydrogen (secondary N) is 1. The first-order chi connectivity index (χ1) is 12.5. The van der Waals surface area contributed by atoms with Crippen molar-refractivity contribution in [1.29, 1.82) is 0 Å². The highest BCUT2D eigenvalue weighted by Gasteiger charge is 2.24. The molecule has 8 heteroatoms. The molecule has 3 rings (SSSR count). The van der Waals surface area contributed by atoms with Crippen LogP contribution in [0, 0.1) is 17.0 Å². The average molecular weight is 376 g/mol. The van der Waals surface area contributed by atoms with E-state index in [-0.39, 0.29) is 11.3 Å². The third-order valence-electron chi connectivity index (χ3n) is 4.41. The summed E-state index contributed by atoms with van der Waals surface area (Å²) in [4.78, 5) is 25.5. The second-order valence-corrected chi connectivity index (χ2v) is 6.64. The van der Waals surface area contributed by atoms with Crippen LogP contribution < -0.4 is 15.5 Å². The standard InChI is InChI=1S/C18H19ClN4O3/c1-12-2-4-14(11-15(12)19)21-18(24)13-3-5-16(17(10-13)23(25)26)22-8-6-20-7-9-22/h2-5,10-11,20H,6-9H2,1H3,(H,21,24)/p+1. The summed E-state index contributed by atoms with van der Waals surface area (Å²) >= 11 is 6.07. The number of nitrogens with zero attached hydrogens (tertiary/aromatic N) is 2. The number of nitro groups is 1. The van der Waals surface area contributed by atoms with Crippen LogP contribution in [0.1, 0.15) is 15.9 Å². The predicted molar refractivity (Wildman–Crippen MR) is 101 cm³/mol. The minimum Gasteiger partial charge on any atom is -0.355 e. The summed E-state index contributed by atoms with van der Waals surface area (Å²) in [6.45, 7) is 5.15. The second-order valence-electron chi connectivity index (χ2n) is 6.23. The molecule has 2 aromatic rings. The van der Waals surface area contributed by atoms with E-state index >= 15 is 0 Å². The van der Waals surface area contributed by atoms with Gasteiger partial charge in [-0.1, -0.05) is 17.7 Å². The number of carbonyl (C=O) groups excluding carboxylic acids is 1. The van der Waals surface area contributed by atoms with E-state index in [4.69, 9.17) is 11.6 Å². The Morgan fingerprint density at radius 2 is 1.96 bits per heavy atom. The van der Waals surface area contributed by atoms with Gasteiger partial charge in [0.15, 0.2) is 0 Å². The molecule has 7 nitrogen and oxygen atoms in total. The van der Waals surface area contributed by atoms with Crippen LogP contribution in [-0.2, 0) is 0 Å². The van der Waals surface area contributed by atoms with Crippen LogP contribution in [0.2, 0.25) is 5.02 Å². The largest absolute Gasteiger partial charge is 0.355 e. The Hall–Kier alpha value is -2.64. The molecule has 0 unspecified atom stereocenters. The number of hydrogen-bond acceptors (Lipinski definition) is 4. The Morgan fingerprint density at radius 3 is 2.62 bits per heavy atom. The van der Waals surface area contributed by atoms with Crippen LogP contribution in [0.4, 0.5) is 17.1 Å². The molecule has 136 valence electrons. The molecule has 1 aliphatic heterocycles. The first kappa shape index (κ1) is 18.2. The predicted octanol–water partition coefficient (Wildman–Crippen LogP) is 2.19. The van der Waals surface area contributed by atoms with E-state index in [9.17, 15) is 14.9 Å². The van der Waals surface area contributed by atoms with Crippen LogP contribution in [0.5, 0.6) is 0 Å². The fraction of sp³-hybridized carbons (Fsp3) is 0.278. The number of amides is 1. The van der Waals surface area contributed by atoms with Gasteiger partial charge in [0.25, 0.3) is 11.6 Å². The Balaban J connectivity index is 1.85. The fourth-order valence-corrected chi connectivity index (χ4v) is 3.12. The molecule has 1 heterocycles. The number of nitrogens with two attached hydrogens (primary N) is 1. The molecule has 0 spiro atoms. The number of quaternary nitrogens is 1. The molecule has 1 saturated heterocycles. The minimum absolute atomic E-state index is 0.0542. The number of carbonyl (C=O) groups is 1. The number of rotatable bonds is 4. The maximum Gasteiger partial charge on any atom is 0.293 e. The molecule has 0 aliphatic carbocycles. The zero-order valence-corrected chi connectivity index (χ0v) is 15.1. The lowest BCUT2D eigenvalue weighted by molar-refractivity contribution is -0.655. The van der Waals surface area contributed by atoms with Crippen LogP contribution in [0.15, 0.2) is 36.4 Å². The monoisotopic (exact) mass is 375 g/mol. The van der Waals surface area contributed by atoms with Crippen molar-refractivity contribution >= 4 is 34.6 Å². The molecule has 1 aliphatic rings. The van der Waals surface area contributed by atoms with E-state index in [0.717, 1.165) is 31.7 Å². The molecule has 1 amide bonds. The third-order valence-corrected chi connectivity index (χ3v) is 4.82. The summed E-state index contributed by atoms with van der Waals surface area (Å²) < 4.78 is 0. The zero-order chi connectivity index (χ0) is 18.7. The molecule has 0 aromatic heterocycles. The Labute approximate surface area is 156 Å². The van der Waals surface area contributed by atoms with E-state index in [1.807, 2.05) is 11.8 Å². The quantitative estimate of drug-likeness (QED) is 0.633. The molecule has 3 N–H and O–H groups in total. The Kier molecular flexibility index (Phi) is 5.39. The number of nitro benzene ring substituents is 1. The van der Waals surface area contributed by atoms with Gasteiger partial charge in [0.05, 0.1) is 31.1 Å². The van der Waals surface area contributed by atoms with Crippen molar-refractivity contribution in [2.75, 3.05) is 36.4 Å². The Morgan fingerprint density at radius 1 is 1.23 bits per heavy atom. The molecule has 0 bridgehead atoms. The van der Waals surface area contributed by atoms with Gasteiger partial charge in [-0.2, -0.15) is 0 Å². The lowest BCUT2D eigenvalue weighted by Gasteiger charge is -2.27. The molecule has 0 atom stereocenters. The van der Waals surface area contributed by atoms with Crippen LogP contribution in [-0.4, -0.2) is 37.0 Å². The maximum absolute atomic E-state index is 12.5. The normalized spacial score (nSPS) is 14.2. The first-order valence-corrected chi connectivity index (χ1v) is 8.76. The number of halogens is 1. The van der Waals surface area contributed by atoms with Gasteiger partial charge in [0.2, 0.25) is 0 Å². The van der Waals surface area contributed by atoms with Crippen molar-refractivity contribution in [3.05, 3.63) is 62.7 Å². The number of aryl methyl sites for hydroxylation is 1. The van der Waals surface area contributed by atoms with Crippen molar-refractivity contribution in [2.45, 2.75) is 6.92 Å². The number of benzene rings is 2. The summed E-state index contributed by atoms with van der Waals surface area (Å²) in [7, 11) is 0. The summed E-state index contributed by atoms with van der Waals surface area (Å²) in [5.74, 6) is -0.411. The highest BCUT2D eigenvalue weighted by molar-refractivity contribution is 6.31. The first-order valence-electron chi connectivity index (χ1n) is 8.38. The van der Waals surface area contributed by atoms with Crippen LogP contribution in [0.3, 0.4) is 0 Å². The van der Waals surface area contributed by atoms with Gasteiger partial charge in [0, 0.05) is 22.3 Å². The summed E-state index contributed by atoms with van der Waals surface area (Å²) in [6.07, 6.45) is 0. The van der Waals surface area contributed by atoms with Crippen LogP contribution >= 0.6 is 11.6 Å². The molecule has 26 heavy (non-hydrogen) atoms. The van der Waals surface area contributed by atoms with E-state index in [2.05, 4.69) is 10.6 Å². The smallest absolute Gasteiger partial charge is 0.293 e. The van der Waals surface area contributed by atoms with E-state index < -0.39 is 10.8 Å². The summed E-state index contributed by atoms with van der Waals surface area (Å²) in [5.41, 5.74) is 2.19. The lowest BCUT2D eigenvalue weighted by atomic mass is 10.1.